The normalized spacial score (nSPS) is 17.3. The number of amides is 1. The molecule has 6 heteroatoms. The Morgan fingerprint density at radius 1 is 1.21 bits per heavy atom. The summed E-state index contributed by atoms with van der Waals surface area (Å²) in [6.07, 6.45) is 6.48. The van der Waals surface area contributed by atoms with Crippen molar-refractivity contribution in [2.75, 3.05) is 6.54 Å². The zero-order valence-electron chi connectivity index (χ0n) is 16.4. The first-order valence-corrected chi connectivity index (χ1v) is 10.2. The highest BCUT2D eigenvalue weighted by Crippen LogP contribution is 2.32. The fourth-order valence-electron chi connectivity index (χ4n) is 4.09. The predicted molar refractivity (Wildman–Crippen MR) is 108 cm³/mol. The van der Waals surface area contributed by atoms with Crippen LogP contribution >= 0.6 is 0 Å². The number of aromatic nitrogens is 2. The first-order chi connectivity index (χ1) is 14.2. The third-order valence-corrected chi connectivity index (χ3v) is 5.67. The number of benzene rings is 1. The maximum Gasteiger partial charge on any atom is 0.290 e. The van der Waals surface area contributed by atoms with Crippen LogP contribution in [0.3, 0.4) is 0 Å². The zero-order valence-corrected chi connectivity index (χ0v) is 16.4. The van der Waals surface area contributed by atoms with Crippen molar-refractivity contribution in [1.82, 2.24) is 15.5 Å². The number of rotatable bonds is 4. The van der Waals surface area contributed by atoms with Gasteiger partial charge in [0.1, 0.15) is 11.9 Å². The van der Waals surface area contributed by atoms with Crippen LogP contribution in [0.15, 0.2) is 41.1 Å². The second-order valence-corrected chi connectivity index (χ2v) is 7.84. The Morgan fingerprint density at radius 2 is 2.10 bits per heavy atom. The van der Waals surface area contributed by atoms with E-state index in [0.29, 0.717) is 12.3 Å². The molecule has 0 spiro atoms. The average Bonchev–Trinajstić information content (AvgIpc) is 3.36. The Morgan fingerprint density at radius 3 is 2.97 bits per heavy atom. The molecule has 0 saturated carbocycles. The lowest BCUT2D eigenvalue weighted by Gasteiger charge is -2.12. The first-order valence-electron chi connectivity index (χ1n) is 10.2. The minimum absolute atomic E-state index is 0.0890. The standard InChI is InChI=1S/C23H23N3O3/c1-14-6-8-19(24-12-14)15-7-9-21-16(10-15)11-17(28-21)13-25-23(27)22-18-4-2-3-5-20(18)26-29-22/h6-10,12,17H,2-5,11,13H2,1H3,(H,25,27)/t17-/m0/s1. The average molecular weight is 389 g/mol. The van der Waals surface area contributed by atoms with Gasteiger partial charge in [0.25, 0.3) is 5.91 Å². The lowest BCUT2D eigenvalue weighted by Crippen LogP contribution is -2.34. The molecule has 0 unspecified atom stereocenters. The summed E-state index contributed by atoms with van der Waals surface area (Å²) in [6.45, 7) is 2.46. The molecule has 1 aromatic carbocycles. The third-order valence-electron chi connectivity index (χ3n) is 5.67. The summed E-state index contributed by atoms with van der Waals surface area (Å²) in [7, 11) is 0. The predicted octanol–water partition coefficient (Wildman–Crippen LogP) is 3.66. The molecule has 6 nitrogen and oxygen atoms in total. The Hall–Kier alpha value is -3.15. The molecular formula is C23H23N3O3. The topological polar surface area (TPSA) is 77.2 Å². The van der Waals surface area contributed by atoms with Crippen LogP contribution in [0.5, 0.6) is 5.75 Å². The van der Waals surface area contributed by atoms with E-state index in [1.54, 1.807) is 0 Å². The molecule has 3 heterocycles. The van der Waals surface area contributed by atoms with Crippen molar-refractivity contribution < 1.29 is 14.1 Å². The fourth-order valence-corrected chi connectivity index (χ4v) is 4.09. The van der Waals surface area contributed by atoms with E-state index in [-0.39, 0.29) is 12.0 Å². The maximum atomic E-state index is 12.6. The van der Waals surface area contributed by atoms with Gasteiger partial charge in [-0.05, 0) is 68.0 Å². The SMILES string of the molecule is Cc1ccc(-c2ccc3c(c2)C[C@@H](CNC(=O)c2onc4c2CCCC4)O3)nc1. The molecule has 2 aromatic heterocycles. The smallest absolute Gasteiger partial charge is 0.290 e. The van der Waals surface area contributed by atoms with Gasteiger partial charge in [-0.2, -0.15) is 0 Å². The molecule has 0 fully saturated rings. The van der Waals surface area contributed by atoms with Crippen molar-refractivity contribution in [2.45, 2.75) is 45.1 Å². The number of pyridine rings is 1. The second kappa shape index (κ2) is 7.35. The minimum Gasteiger partial charge on any atom is -0.488 e. The molecule has 0 radical (unpaired) electrons. The monoisotopic (exact) mass is 389 g/mol. The highest BCUT2D eigenvalue weighted by molar-refractivity contribution is 5.93. The second-order valence-electron chi connectivity index (χ2n) is 7.84. The molecule has 2 aliphatic rings. The van der Waals surface area contributed by atoms with E-state index in [9.17, 15) is 4.79 Å². The molecule has 1 aliphatic heterocycles. The van der Waals surface area contributed by atoms with Crippen molar-refractivity contribution >= 4 is 5.91 Å². The molecule has 1 N–H and O–H groups in total. The molecular weight excluding hydrogens is 366 g/mol. The van der Waals surface area contributed by atoms with E-state index in [2.05, 4.69) is 27.6 Å². The van der Waals surface area contributed by atoms with Crippen LogP contribution in [-0.4, -0.2) is 28.7 Å². The highest BCUT2D eigenvalue weighted by Gasteiger charge is 2.27. The molecule has 1 amide bonds. The molecule has 1 aliphatic carbocycles. The van der Waals surface area contributed by atoms with Crippen LogP contribution in [0.1, 0.15) is 45.8 Å². The van der Waals surface area contributed by atoms with Gasteiger partial charge in [-0.1, -0.05) is 11.2 Å². The Kier molecular flexibility index (Phi) is 4.54. The van der Waals surface area contributed by atoms with E-state index in [0.717, 1.165) is 71.5 Å². The van der Waals surface area contributed by atoms with E-state index in [1.807, 2.05) is 31.3 Å². The summed E-state index contributed by atoms with van der Waals surface area (Å²) in [5.41, 5.74) is 6.21. The summed E-state index contributed by atoms with van der Waals surface area (Å²) in [4.78, 5) is 17.1. The number of nitrogens with one attached hydrogen (secondary N) is 1. The number of carbonyl (C=O) groups is 1. The van der Waals surface area contributed by atoms with E-state index in [1.165, 1.54) is 0 Å². The van der Waals surface area contributed by atoms with Crippen LogP contribution < -0.4 is 10.1 Å². The third kappa shape index (κ3) is 3.50. The fraction of sp³-hybridized carbons (Fsp3) is 0.348. The van der Waals surface area contributed by atoms with Gasteiger partial charge >= 0.3 is 0 Å². The van der Waals surface area contributed by atoms with E-state index < -0.39 is 0 Å². The number of ether oxygens (including phenoxy) is 1. The van der Waals surface area contributed by atoms with Crippen LogP contribution in [0.4, 0.5) is 0 Å². The zero-order chi connectivity index (χ0) is 19.8. The molecule has 0 bridgehead atoms. The van der Waals surface area contributed by atoms with Crippen molar-refractivity contribution in [2.24, 2.45) is 0 Å². The summed E-state index contributed by atoms with van der Waals surface area (Å²) in [5.74, 6) is 1.03. The number of aryl methyl sites for hydroxylation is 2. The lowest BCUT2D eigenvalue weighted by molar-refractivity contribution is 0.0895. The number of nitrogens with zero attached hydrogens (tertiary/aromatic N) is 2. The van der Waals surface area contributed by atoms with Gasteiger partial charge in [-0.15, -0.1) is 0 Å². The van der Waals surface area contributed by atoms with Gasteiger partial charge in [0.2, 0.25) is 5.76 Å². The lowest BCUT2D eigenvalue weighted by atomic mass is 9.96. The molecule has 0 saturated heterocycles. The molecule has 148 valence electrons. The maximum absolute atomic E-state index is 12.6. The number of hydrogen-bond acceptors (Lipinski definition) is 5. The number of fused-ring (bicyclic) bond motifs is 2. The van der Waals surface area contributed by atoms with Crippen molar-refractivity contribution in [3.05, 3.63) is 64.7 Å². The largest absolute Gasteiger partial charge is 0.488 e. The van der Waals surface area contributed by atoms with Crippen LogP contribution in [-0.2, 0) is 19.3 Å². The van der Waals surface area contributed by atoms with Crippen LogP contribution in [0, 0.1) is 6.92 Å². The molecule has 29 heavy (non-hydrogen) atoms. The summed E-state index contributed by atoms with van der Waals surface area (Å²) in [5, 5.41) is 7.02. The van der Waals surface area contributed by atoms with Gasteiger partial charge in [0, 0.05) is 23.7 Å². The van der Waals surface area contributed by atoms with Crippen molar-refractivity contribution in [1.29, 1.82) is 0 Å². The highest BCUT2D eigenvalue weighted by atomic mass is 16.5. The van der Waals surface area contributed by atoms with Gasteiger partial charge in [-0.3, -0.25) is 9.78 Å². The molecule has 5 rings (SSSR count). The molecule has 3 aromatic rings. The number of carbonyl (C=O) groups excluding carboxylic acids is 1. The van der Waals surface area contributed by atoms with Crippen LogP contribution in [0.2, 0.25) is 0 Å². The minimum atomic E-state index is -0.204. The summed E-state index contributed by atoms with van der Waals surface area (Å²) in [6, 6.07) is 10.2. The van der Waals surface area contributed by atoms with Gasteiger partial charge in [-0.25, -0.2) is 0 Å². The van der Waals surface area contributed by atoms with Crippen molar-refractivity contribution in [3.8, 4) is 17.0 Å². The van der Waals surface area contributed by atoms with Crippen molar-refractivity contribution in [3.63, 3.8) is 0 Å². The van der Waals surface area contributed by atoms with E-state index >= 15 is 0 Å². The van der Waals surface area contributed by atoms with E-state index in [4.69, 9.17) is 9.26 Å². The van der Waals surface area contributed by atoms with Crippen LogP contribution in [0.25, 0.3) is 11.3 Å². The quantitative estimate of drug-likeness (QED) is 0.737. The summed E-state index contributed by atoms with van der Waals surface area (Å²) >= 11 is 0. The van der Waals surface area contributed by atoms with Gasteiger partial charge in [0.15, 0.2) is 0 Å². The summed E-state index contributed by atoms with van der Waals surface area (Å²) < 4.78 is 11.3. The molecule has 1 atom stereocenters. The van der Waals surface area contributed by atoms with Gasteiger partial charge in [0.05, 0.1) is 17.9 Å². The number of hydrogen-bond donors (Lipinski definition) is 1. The Labute approximate surface area is 169 Å². The Bertz CT molecular complexity index is 1060. The first kappa shape index (κ1) is 17.9. The Balaban J connectivity index is 1.23. The van der Waals surface area contributed by atoms with Gasteiger partial charge < -0.3 is 14.6 Å².